The molecule has 230 valence electrons. The Morgan fingerprint density at radius 2 is 1.54 bits per heavy atom. The molecular formula is C26H43N7O8. The second kappa shape index (κ2) is 22.4. The lowest BCUT2D eigenvalue weighted by Crippen LogP contribution is -2.48. The first kappa shape index (κ1) is 36.6. The predicted molar refractivity (Wildman–Crippen MR) is 152 cm³/mol. The molecular weight excluding hydrogens is 538 g/mol. The first-order chi connectivity index (χ1) is 19.5. The van der Waals surface area contributed by atoms with Crippen LogP contribution in [0.1, 0.15) is 57.9 Å². The standard InChI is InChI=1S/C23H35N7O8.C3H8/c24-12-18(31)28-13-19(32)30-17(4-3-11-26-22(25)36)21(35)29-16-8-6-15(7-9-16)14-38-23(37)27-10-2-1-5-20(33)34;1-3-2/h6-9,17H,1-5,10-14,24H2,(H,27,37)(H,28,31)(H,29,35)(H,30,32)(H,33,34)(H3,25,26,36);3H2,1-2H3/t17-;/m0./s1. The van der Waals surface area contributed by atoms with Crippen LogP contribution < -0.4 is 38.1 Å². The number of nitrogens with two attached hydrogens (primary N) is 2. The molecule has 0 aromatic heterocycles. The zero-order valence-corrected chi connectivity index (χ0v) is 23.6. The number of hydrogen-bond acceptors (Lipinski definition) is 8. The lowest BCUT2D eigenvalue weighted by molar-refractivity contribution is -0.137. The van der Waals surface area contributed by atoms with Gasteiger partial charge in [-0.1, -0.05) is 32.4 Å². The lowest BCUT2D eigenvalue weighted by Gasteiger charge is -2.19. The number of anilines is 1. The Bertz CT molecular complexity index is 973. The molecule has 0 aliphatic carbocycles. The zero-order chi connectivity index (χ0) is 31.0. The van der Waals surface area contributed by atoms with E-state index in [1.54, 1.807) is 24.3 Å². The van der Waals surface area contributed by atoms with Crippen molar-refractivity contribution in [2.45, 2.75) is 65.0 Å². The van der Waals surface area contributed by atoms with Crippen molar-refractivity contribution in [3.8, 4) is 0 Å². The summed E-state index contributed by atoms with van der Waals surface area (Å²) in [6.45, 7) is 4.09. The van der Waals surface area contributed by atoms with Gasteiger partial charge in [0, 0.05) is 25.2 Å². The highest BCUT2D eigenvalue weighted by molar-refractivity contribution is 5.97. The first-order valence-electron chi connectivity index (χ1n) is 13.3. The van der Waals surface area contributed by atoms with Crippen LogP contribution in [-0.2, 0) is 30.5 Å². The summed E-state index contributed by atoms with van der Waals surface area (Å²) in [5, 5.41) is 21.0. The quantitative estimate of drug-likeness (QED) is 0.119. The van der Waals surface area contributed by atoms with E-state index in [-0.39, 0.29) is 39.1 Å². The smallest absolute Gasteiger partial charge is 0.407 e. The highest BCUT2D eigenvalue weighted by atomic mass is 16.5. The number of primary amides is 1. The van der Waals surface area contributed by atoms with Crippen LogP contribution in [0.5, 0.6) is 0 Å². The number of urea groups is 1. The number of carbonyl (C=O) groups is 6. The van der Waals surface area contributed by atoms with Gasteiger partial charge in [-0.3, -0.25) is 19.2 Å². The number of amides is 6. The molecule has 15 heteroatoms. The average Bonchev–Trinajstić information content (AvgIpc) is 2.92. The summed E-state index contributed by atoms with van der Waals surface area (Å²) >= 11 is 0. The minimum atomic E-state index is -0.964. The Kier molecular flexibility index (Phi) is 20.0. The van der Waals surface area contributed by atoms with Crippen molar-refractivity contribution in [1.29, 1.82) is 0 Å². The third-order valence-electron chi connectivity index (χ3n) is 4.93. The monoisotopic (exact) mass is 581 g/mol. The summed E-state index contributed by atoms with van der Waals surface area (Å²) in [7, 11) is 0. The number of unbranched alkanes of at least 4 members (excludes halogenated alkanes) is 1. The van der Waals surface area contributed by atoms with Gasteiger partial charge in [0.1, 0.15) is 12.6 Å². The molecule has 0 aliphatic rings. The zero-order valence-electron chi connectivity index (χ0n) is 23.6. The van der Waals surface area contributed by atoms with E-state index in [0.717, 1.165) is 0 Å². The van der Waals surface area contributed by atoms with Gasteiger partial charge in [-0.05, 0) is 43.4 Å². The van der Waals surface area contributed by atoms with Crippen LogP contribution in [0.15, 0.2) is 24.3 Å². The molecule has 10 N–H and O–H groups in total. The predicted octanol–water partition coefficient (Wildman–Crippen LogP) is 0.531. The summed E-state index contributed by atoms with van der Waals surface area (Å²) in [6, 6.07) is 4.79. The van der Waals surface area contributed by atoms with Gasteiger partial charge in [-0.15, -0.1) is 0 Å². The minimum absolute atomic E-state index is 0.0186. The lowest BCUT2D eigenvalue weighted by atomic mass is 10.1. The molecule has 0 saturated carbocycles. The van der Waals surface area contributed by atoms with Gasteiger partial charge in [0.05, 0.1) is 13.1 Å². The van der Waals surface area contributed by atoms with Crippen LogP contribution >= 0.6 is 0 Å². The number of aliphatic carboxylic acids is 1. The minimum Gasteiger partial charge on any atom is -0.481 e. The Balaban J connectivity index is 0.00000509. The molecule has 41 heavy (non-hydrogen) atoms. The van der Waals surface area contributed by atoms with Gasteiger partial charge in [-0.2, -0.15) is 0 Å². The van der Waals surface area contributed by atoms with Crippen LogP contribution in [0.4, 0.5) is 15.3 Å². The van der Waals surface area contributed by atoms with Gasteiger partial charge in [0.25, 0.3) is 0 Å². The summed E-state index contributed by atoms with van der Waals surface area (Å²) in [6.07, 6.45) is 2.13. The van der Waals surface area contributed by atoms with Gasteiger partial charge >= 0.3 is 18.1 Å². The molecule has 0 aliphatic heterocycles. The third kappa shape index (κ3) is 20.2. The number of carboxylic acids is 1. The van der Waals surface area contributed by atoms with E-state index in [1.165, 1.54) is 6.42 Å². The van der Waals surface area contributed by atoms with Gasteiger partial charge in [-0.25, -0.2) is 9.59 Å². The van der Waals surface area contributed by atoms with Gasteiger partial charge in [0.2, 0.25) is 17.7 Å². The number of carbonyl (C=O) groups excluding carboxylic acids is 5. The summed E-state index contributed by atoms with van der Waals surface area (Å²) in [4.78, 5) is 69.3. The van der Waals surface area contributed by atoms with E-state index < -0.39 is 41.9 Å². The SMILES string of the molecule is CCC.NCC(=O)NCC(=O)N[C@@H](CCCNC(N)=O)C(=O)Nc1ccc(COC(=O)NCCCCC(=O)O)cc1. The summed E-state index contributed by atoms with van der Waals surface area (Å²) in [5.41, 5.74) is 11.3. The fourth-order valence-electron chi connectivity index (χ4n) is 2.99. The first-order valence-corrected chi connectivity index (χ1v) is 13.3. The molecule has 15 nitrogen and oxygen atoms in total. The molecule has 0 spiro atoms. The molecule has 0 saturated heterocycles. The number of hydrogen-bond donors (Lipinski definition) is 8. The van der Waals surface area contributed by atoms with Crippen LogP contribution in [0.3, 0.4) is 0 Å². The molecule has 1 aromatic rings. The van der Waals surface area contributed by atoms with Crippen molar-refractivity contribution < 1.29 is 38.6 Å². The molecule has 0 heterocycles. The molecule has 0 fully saturated rings. The van der Waals surface area contributed by atoms with E-state index >= 15 is 0 Å². The van der Waals surface area contributed by atoms with E-state index in [1.807, 2.05) is 0 Å². The molecule has 6 amide bonds. The maximum absolute atomic E-state index is 12.8. The molecule has 0 unspecified atom stereocenters. The number of nitrogens with one attached hydrogen (secondary N) is 5. The van der Waals surface area contributed by atoms with E-state index in [9.17, 15) is 28.8 Å². The topological polar surface area (TPSA) is 244 Å². The van der Waals surface area contributed by atoms with Crippen molar-refractivity contribution in [3.05, 3.63) is 29.8 Å². The highest BCUT2D eigenvalue weighted by Crippen LogP contribution is 2.12. The summed E-state index contributed by atoms with van der Waals surface area (Å²) < 4.78 is 5.10. The van der Waals surface area contributed by atoms with E-state index in [2.05, 4.69) is 40.4 Å². The van der Waals surface area contributed by atoms with Crippen LogP contribution in [0, 0.1) is 0 Å². The largest absolute Gasteiger partial charge is 0.481 e. The number of carboxylic acid groups (broad SMARTS) is 1. The fraction of sp³-hybridized carbons (Fsp3) is 0.538. The van der Waals surface area contributed by atoms with Crippen molar-refractivity contribution in [2.24, 2.45) is 11.5 Å². The van der Waals surface area contributed by atoms with Crippen LogP contribution in [0.2, 0.25) is 0 Å². The number of ether oxygens (including phenoxy) is 1. The third-order valence-corrected chi connectivity index (χ3v) is 4.93. The molecule has 1 atom stereocenters. The maximum Gasteiger partial charge on any atom is 0.407 e. The Labute approximate surface area is 239 Å². The van der Waals surface area contributed by atoms with Crippen molar-refractivity contribution in [2.75, 3.05) is 31.5 Å². The van der Waals surface area contributed by atoms with Gasteiger partial charge in [0.15, 0.2) is 0 Å². The van der Waals surface area contributed by atoms with Crippen molar-refractivity contribution in [1.82, 2.24) is 21.3 Å². The van der Waals surface area contributed by atoms with Crippen LogP contribution in [-0.4, -0.2) is 73.1 Å². The molecule has 1 aromatic carbocycles. The highest BCUT2D eigenvalue weighted by Gasteiger charge is 2.21. The number of rotatable bonds is 17. The van der Waals surface area contributed by atoms with Crippen molar-refractivity contribution >= 4 is 41.5 Å². The van der Waals surface area contributed by atoms with Gasteiger partial charge < -0.3 is 47.9 Å². The Morgan fingerprint density at radius 1 is 0.902 bits per heavy atom. The fourth-order valence-corrected chi connectivity index (χ4v) is 2.99. The van der Waals surface area contributed by atoms with Crippen molar-refractivity contribution in [3.63, 3.8) is 0 Å². The number of alkyl carbamates (subject to hydrolysis) is 1. The summed E-state index contributed by atoms with van der Waals surface area (Å²) in [5.74, 6) is -2.53. The average molecular weight is 582 g/mol. The van der Waals surface area contributed by atoms with Crippen LogP contribution in [0.25, 0.3) is 0 Å². The normalized spacial score (nSPS) is 10.6. The number of benzene rings is 1. The van der Waals surface area contributed by atoms with E-state index in [0.29, 0.717) is 37.1 Å². The Hall–Kier alpha value is -4.40. The maximum atomic E-state index is 12.8. The second-order valence-corrected chi connectivity index (χ2v) is 8.78. The molecule has 0 radical (unpaired) electrons. The molecule has 0 bridgehead atoms. The Morgan fingerprint density at radius 3 is 2.12 bits per heavy atom. The molecule has 1 rings (SSSR count). The van der Waals surface area contributed by atoms with E-state index in [4.69, 9.17) is 21.3 Å². The second-order valence-electron chi connectivity index (χ2n) is 8.78.